The van der Waals surface area contributed by atoms with Crippen LogP contribution in [0.2, 0.25) is 5.02 Å². The number of nitrogens with two attached hydrogens (primary N) is 1. The average Bonchev–Trinajstić information content (AvgIpc) is 2.87. The van der Waals surface area contributed by atoms with E-state index in [0.29, 0.717) is 5.02 Å². The normalized spacial score (nSPS) is 10.8. The smallest absolute Gasteiger partial charge is 0.360 e. The van der Waals surface area contributed by atoms with Gasteiger partial charge in [-0.2, -0.15) is 5.10 Å². The van der Waals surface area contributed by atoms with Gasteiger partial charge in [-0.1, -0.05) is 11.6 Å². The Morgan fingerprint density at radius 3 is 2.95 bits per heavy atom. The molecule has 2 heterocycles. The number of carbonyl (C=O) groups excluding carboxylic acids is 1. The first kappa shape index (κ1) is 13.4. The van der Waals surface area contributed by atoms with Gasteiger partial charge in [0.05, 0.1) is 30.2 Å². The number of nitrogen functional groups attached to an aromatic ring is 1. The number of aromatic nitrogens is 3. The zero-order valence-corrected chi connectivity index (χ0v) is 11.8. The van der Waals surface area contributed by atoms with E-state index in [1.807, 2.05) is 6.07 Å². The van der Waals surface area contributed by atoms with Crippen LogP contribution in [-0.2, 0) is 4.74 Å². The van der Waals surface area contributed by atoms with Gasteiger partial charge in [-0.15, -0.1) is 0 Å². The molecule has 0 atom stereocenters. The van der Waals surface area contributed by atoms with Crippen LogP contribution in [0.25, 0.3) is 16.6 Å². The largest absolute Gasteiger partial charge is 0.464 e. The molecule has 3 aromatic rings. The second-order valence-corrected chi connectivity index (χ2v) is 4.80. The second-order valence-electron chi connectivity index (χ2n) is 4.36. The Labute approximate surface area is 125 Å². The highest BCUT2D eigenvalue weighted by Crippen LogP contribution is 2.24. The highest BCUT2D eigenvalue weighted by atomic mass is 35.5. The third kappa shape index (κ3) is 2.30. The van der Waals surface area contributed by atoms with Gasteiger partial charge in [-0.25, -0.2) is 9.48 Å². The lowest BCUT2D eigenvalue weighted by Crippen LogP contribution is -2.06. The molecule has 106 valence electrons. The van der Waals surface area contributed by atoms with Crippen LogP contribution in [0.15, 0.2) is 36.7 Å². The minimum atomic E-state index is -0.576. The van der Waals surface area contributed by atoms with Gasteiger partial charge in [0.1, 0.15) is 0 Å². The maximum absolute atomic E-state index is 11.6. The number of carbonyl (C=O) groups is 1. The number of hydrogen-bond acceptors (Lipinski definition) is 5. The molecule has 1 aromatic carbocycles. The number of fused-ring (bicyclic) bond motifs is 1. The molecule has 21 heavy (non-hydrogen) atoms. The molecule has 2 N–H and O–H groups in total. The zero-order valence-electron chi connectivity index (χ0n) is 11.1. The van der Waals surface area contributed by atoms with E-state index in [0.717, 1.165) is 16.6 Å². The van der Waals surface area contributed by atoms with Gasteiger partial charge >= 0.3 is 5.97 Å². The lowest BCUT2D eigenvalue weighted by molar-refractivity contribution is 0.0594. The fourth-order valence-corrected chi connectivity index (χ4v) is 2.24. The summed E-state index contributed by atoms with van der Waals surface area (Å²) < 4.78 is 6.17. The maximum atomic E-state index is 11.6. The Balaban J connectivity index is 2.19. The molecule has 0 aliphatic rings. The second kappa shape index (κ2) is 5.06. The quantitative estimate of drug-likeness (QED) is 0.735. The molecule has 3 rings (SSSR count). The summed E-state index contributed by atoms with van der Waals surface area (Å²) >= 11 is 5.96. The fraction of sp³-hybridized carbons (Fsp3) is 0.0714. The van der Waals surface area contributed by atoms with E-state index in [1.165, 1.54) is 11.8 Å². The molecule has 0 spiro atoms. The highest BCUT2D eigenvalue weighted by Gasteiger charge is 2.16. The number of pyridine rings is 1. The first-order valence-electron chi connectivity index (χ1n) is 6.08. The van der Waals surface area contributed by atoms with E-state index in [1.54, 1.807) is 30.6 Å². The van der Waals surface area contributed by atoms with Crippen LogP contribution in [-0.4, -0.2) is 27.8 Å². The molecule has 0 fully saturated rings. The number of halogens is 1. The third-order valence-electron chi connectivity index (χ3n) is 3.05. The van der Waals surface area contributed by atoms with Crippen molar-refractivity contribution in [3.05, 3.63) is 47.4 Å². The first-order chi connectivity index (χ1) is 10.1. The standard InChI is InChI=1S/C14H11ClN4O2/c1-21-14(20)13-10(16)7-19(18-13)12-4-5-17-11-6-8(15)2-3-9(11)12/h2-7H,16H2,1H3. The lowest BCUT2D eigenvalue weighted by Gasteiger charge is -2.06. The Morgan fingerprint density at radius 1 is 1.38 bits per heavy atom. The molecule has 0 unspecified atom stereocenters. The summed E-state index contributed by atoms with van der Waals surface area (Å²) in [6, 6.07) is 7.15. The van der Waals surface area contributed by atoms with Gasteiger partial charge in [0.25, 0.3) is 0 Å². The first-order valence-corrected chi connectivity index (χ1v) is 6.46. The molecule has 0 saturated heterocycles. The van der Waals surface area contributed by atoms with Crippen molar-refractivity contribution in [2.24, 2.45) is 0 Å². The van der Waals surface area contributed by atoms with Gasteiger partial charge in [0, 0.05) is 16.6 Å². The van der Waals surface area contributed by atoms with E-state index in [9.17, 15) is 4.79 Å². The predicted octanol–water partition coefficient (Wildman–Crippen LogP) is 2.44. The minimum Gasteiger partial charge on any atom is -0.464 e. The molecule has 0 radical (unpaired) electrons. The van der Waals surface area contributed by atoms with E-state index in [4.69, 9.17) is 17.3 Å². The van der Waals surface area contributed by atoms with Gasteiger partial charge < -0.3 is 10.5 Å². The summed E-state index contributed by atoms with van der Waals surface area (Å²) in [7, 11) is 1.28. The molecule has 7 heteroatoms. The number of ether oxygens (including phenoxy) is 1. The summed E-state index contributed by atoms with van der Waals surface area (Å²) in [5.74, 6) is -0.576. The summed E-state index contributed by atoms with van der Waals surface area (Å²) in [5, 5.41) is 5.63. The number of rotatable bonds is 2. The van der Waals surface area contributed by atoms with Crippen molar-refractivity contribution in [1.29, 1.82) is 0 Å². The molecule has 6 nitrogen and oxygen atoms in total. The van der Waals surface area contributed by atoms with Crippen molar-refractivity contribution >= 4 is 34.2 Å². The molecule has 0 saturated carbocycles. The van der Waals surface area contributed by atoms with Crippen LogP contribution >= 0.6 is 11.6 Å². The van der Waals surface area contributed by atoms with E-state index in [2.05, 4.69) is 14.8 Å². The van der Waals surface area contributed by atoms with Crippen LogP contribution in [0.5, 0.6) is 0 Å². The summed E-state index contributed by atoms with van der Waals surface area (Å²) in [6.07, 6.45) is 3.21. The molecular weight excluding hydrogens is 292 g/mol. The van der Waals surface area contributed by atoms with E-state index >= 15 is 0 Å². The van der Waals surface area contributed by atoms with Crippen LogP contribution in [0, 0.1) is 0 Å². The zero-order chi connectivity index (χ0) is 15.0. The summed E-state index contributed by atoms with van der Waals surface area (Å²) in [5.41, 5.74) is 7.61. The molecule has 0 aliphatic heterocycles. The van der Waals surface area contributed by atoms with E-state index in [-0.39, 0.29) is 11.4 Å². The predicted molar refractivity (Wildman–Crippen MR) is 79.6 cm³/mol. The van der Waals surface area contributed by atoms with Crippen molar-refractivity contribution in [3.8, 4) is 5.69 Å². The topological polar surface area (TPSA) is 83.0 Å². The van der Waals surface area contributed by atoms with Gasteiger partial charge in [-0.05, 0) is 24.3 Å². The van der Waals surface area contributed by atoms with Crippen LogP contribution in [0.1, 0.15) is 10.5 Å². The minimum absolute atomic E-state index is 0.0800. The Morgan fingerprint density at radius 2 is 2.19 bits per heavy atom. The molecule has 0 amide bonds. The lowest BCUT2D eigenvalue weighted by atomic mass is 10.2. The van der Waals surface area contributed by atoms with Crippen molar-refractivity contribution in [2.45, 2.75) is 0 Å². The van der Waals surface area contributed by atoms with Crippen molar-refractivity contribution in [3.63, 3.8) is 0 Å². The SMILES string of the molecule is COC(=O)c1nn(-c2ccnc3cc(Cl)ccc23)cc1N. The summed E-state index contributed by atoms with van der Waals surface area (Å²) in [6.45, 7) is 0. The number of esters is 1. The van der Waals surface area contributed by atoms with Crippen LogP contribution in [0.4, 0.5) is 5.69 Å². The van der Waals surface area contributed by atoms with Gasteiger partial charge in [0.2, 0.25) is 0 Å². The Kier molecular flexibility index (Phi) is 3.23. The monoisotopic (exact) mass is 302 g/mol. The number of nitrogens with zero attached hydrogens (tertiary/aromatic N) is 3. The number of anilines is 1. The highest BCUT2D eigenvalue weighted by molar-refractivity contribution is 6.31. The van der Waals surface area contributed by atoms with Gasteiger partial charge in [0.15, 0.2) is 5.69 Å². The Bertz CT molecular complexity index is 844. The van der Waals surface area contributed by atoms with E-state index < -0.39 is 5.97 Å². The number of benzene rings is 1. The maximum Gasteiger partial charge on any atom is 0.360 e. The molecular formula is C14H11ClN4O2. The van der Waals surface area contributed by atoms with Crippen molar-refractivity contribution in [1.82, 2.24) is 14.8 Å². The van der Waals surface area contributed by atoms with Crippen LogP contribution < -0.4 is 5.73 Å². The molecule has 0 bridgehead atoms. The van der Waals surface area contributed by atoms with Gasteiger partial charge in [-0.3, -0.25) is 4.98 Å². The van der Waals surface area contributed by atoms with Crippen molar-refractivity contribution in [2.75, 3.05) is 12.8 Å². The number of methoxy groups -OCH3 is 1. The Hall–Kier alpha value is -2.60. The van der Waals surface area contributed by atoms with Crippen LogP contribution in [0.3, 0.4) is 0 Å². The average molecular weight is 303 g/mol. The summed E-state index contributed by atoms with van der Waals surface area (Å²) in [4.78, 5) is 15.8. The van der Waals surface area contributed by atoms with Crippen molar-refractivity contribution < 1.29 is 9.53 Å². The fourth-order valence-electron chi connectivity index (χ4n) is 2.07. The molecule has 0 aliphatic carbocycles. The third-order valence-corrected chi connectivity index (χ3v) is 3.28. The molecule has 2 aromatic heterocycles. The number of hydrogen-bond donors (Lipinski definition) is 1.